The van der Waals surface area contributed by atoms with E-state index in [1.807, 2.05) is 49.5 Å². The van der Waals surface area contributed by atoms with E-state index < -0.39 is 0 Å². The van der Waals surface area contributed by atoms with E-state index in [1.54, 1.807) is 0 Å². The minimum absolute atomic E-state index is 0.405. The molecule has 2 heteroatoms. The van der Waals surface area contributed by atoms with Gasteiger partial charge in [0.15, 0.2) is 0 Å². The van der Waals surface area contributed by atoms with Crippen LogP contribution in [-0.2, 0) is 6.42 Å². The summed E-state index contributed by atoms with van der Waals surface area (Å²) in [6.45, 7) is 2.12. The monoisotopic (exact) mass is 241 g/mol. The van der Waals surface area contributed by atoms with Gasteiger partial charge in [0.1, 0.15) is 5.75 Å². The summed E-state index contributed by atoms with van der Waals surface area (Å²) >= 11 is 0. The zero-order chi connectivity index (χ0) is 13.0. The van der Waals surface area contributed by atoms with Gasteiger partial charge in [-0.05, 0) is 29.7 Å². The Morgan fingerprint density at radius 2 is 1.83 bits per heavy atom. The van der Waals surface area contributed by atoms with Crippen LogP contribution in [0.3, 0.4) is 0 Å². The molecule has 0 saturated carbocycles. The normalized spacial score (nSPS) is 10.3. The van der Waals surface area contributed by atoms with Gasteiger partial charge in [-0.15, -0.1) is 0 Å². The fourth-order valence-electron chi connectivity index (χ4n) is 2.14. The summed E-state index contributed by atoms with van der Waals surface area (Å²) in [5.41, 5.74) is 3.98. The van der Waals surface area contributed by atoms with Crippen LogP contribution in [0.4, 0.5) is 5.69 Å². The maximum absolute atomic E-state index is 10.4. The standard InChI is InChI=1S/C16H19NO/c1-3-7-13-10-14(17-2)11-15(16(13)18)12-8-5-4-6-9-12/h4-6,8-11,17-18H,3,7H2,1-2H3. The Balaban J connectivity index is 2.55. The average Bonchev–Trinajstić information content (AvgIpc) is 2.42. The summed E-state index contributed by atoms with van der Waals surface area (Å²) in [6.07, 6.45) is 1.91. The first-order valence-electron chi connectivity index (χ1n) is 6.35. The Hall–Kier alpha value is -1.96. The van der Waals surface area contributed by atoms with E-state index in [4.69, 9.17) is 0 Å². The van der Waals surface area contributed by atoms with Crippen molar-refractivity contribution in [2.75, 3.05) is 12.4 Å². The second-order valence-electron chi connectivity index (χ2n) is 4.40. The molecule has 2 N–H and O–H groups in total. The van der Waals surface area contributed by atoms with Crippen LogP contribution >= 0.6 is 0 Å². The number of hydrogen-bond donors (Lipinski definition) is 2. The van der Waals surface area contributed by atoms with Crippen molar-refractivity contribution in [1.29, 1.82) is 0 Å². The van der Waals surface area contributed by atoms with E-state index in [9.17, 15) is 5.11 Å². The second kappa shape index (κ2) is 5.58. The SMILES string of the molecule is CCCc1cc(NC)cc(-c2ccccc2)c1O. The molecule has 0 aliphatic heterocycles. The van der Waals surface area contributed by atoms with Crippen molar-refractivity contribution < 1.29 is 5.11 Å². The average molecular weight is 241 g/mol. The molecule has 18 heavy (non-hydrogen) atoms. The van der Waals surface area contributed by atoms with Gasteiger partial charge >= 0.3 is 0 Å². The number of phenolic OH excluding ortho intramolecular Hbond substituents is 1. The van der Waals surface area contributed by atoms with Crippen LogP contribution in [0.2, 0.25) is 0 Å². The summed E-state index contributed by atoms with van der Waals surface area (Å²) in [7, 11) is 1.90. The third-order valence-corrected chi connectivity index (χ3v) is 3.08. The summed E-state index contributed by atoms with van der Waals surface area (Å²) in [5.74, 6) is 0.405. The molecule has 0 aliphatic rings. The van der Waals surface area contributed by atoms with Crippen LogP contribution in [-0.4, -0.2) is 12.2 Å². The minimum Gasteiger partial charge on any atom is -0.507 e. The highest BCUT2D eigenvalue weighted by Crippen LogP contribution is 2.35. The van der Waals surface area contributed by atoms with Gasteiger partial charge in [0.05, 0.1) is 0 Å². The Morgan fingerprint density at radius 3 is 2.44 bits per heavy atom. The summed E-state index contributed by atoms with van der Waals surface area (Å²) in [6, 6.07) is 14.0. The van der Waals surface area contributed by atoms with Crippen molar-refractivity contribution in [3.8, 4) is 16.9 Å². The highest BCUT2D eigenvalue weighted by atomic mass is 16.3. The lowest BCUT2D eigenvalue weighted by Gasteiger charge is -2.13. The van der Waals surface area contributed by atoms with Gasteiger partial charge in [0, 0.05) is 18.3 Å². The first-order valence-corrected chi connectivity index (χ1v) is 6.35. The number of nitrogens with one attached hydrogen (secondary N) is 1. The minimum atomic E-state index is 0.405. The zero-order valence-corrected chi connectivity index (χ0v) is 10.9. The summed E-state index contributed by atoms with van der Waals surface area (Å²) < 4.78 is 0. The number of benzene rings is 2. The molecule has 0 radical (unpaired) electrons. The van der Waals surface area contributed by atoms with E-state index in [0.717, 1.165) is 35.2 Å². The van der Waals surface area contributed by atoms with Crippen LogP contribution in [0.5, 0.6) is 5.75 Å². The molecule has 94 valence electrons. The first-order chi connectivity index (χ1) is 8.76. The predicted octanol–water partition coefficient (Wildman–Crippen LogP) is 4.05. The molecule has 0 fully saturated rings. The number of rotatable bonds is 4. The van der Waals surface area contributed by atoms with Crippen molar-refractivity contribution in [1.82, 2.24) is 0 Å². The molecule has 2 aromatic carbocycles. The van der Waals surface area contributed by atoms with Crippen LogP contribution < -0.4 is 5.32 Å². The van der Waals surface area contributed by atoms with E-state index in [-0.39, 0.29) is 0 Å². The van der Waals surface area contributed by atoms with Gasteiger partial charge in [-0.2, -0.15) is 0 Å². The highest BCUT2D eigenvalue weighted by molar-refractivity contribution is 5.76. The second-order valence-corrected chi connectivity index (χ2v) is 4.40. The molecule has 0 spiro atoms. The number of hydrogen-bond acceptors (Lipinski definition) is 2. The fraction of sp³-hybridized carbons (Fsp3) is 0.250. The van der Waals surface area contributed by atoms with Crippen molar-refractivity contribution >= 4 is 5.69 Å². The van der Waals surface area contributed by atoms with E-state index >= 15 is 0 Å². The molecular formula is C16H19NO. The molecule has 0 unspecified atom stereocenters. The summed E-state index contributed by atoms with van der Waals surface area (Å²) in [4.78, 5) is 0. The third-order valence-electron chi connectivity index (χ3n) is 3.08. The van der Waals surface area contributed by atoms with Crippen molar-refractivity contribution in [3.63, 3.8) is 0 Å². The largest absolute Gasteiger partial charge is 0.507 e. The van der Waals surface area contributed by atoms with Crippen LogP contribution in [0.25, 0.3) is 11.1 Å². The van der Waals surface area contributed by atoms with Gasteiger partial charge in [-0.3, -0.25) is 0 Å². The Labute approximate surface area is 108 Å². The van der Waals surface area contributed by atoms with Crippen molar-refractivity contribution in [2.24, 2.45) is 0 Å². The molecule has 0 aromatic heterocycles. The molecule has 2 aromatic rings. The Bertz CT molecular complexity index is 520. The fourth-order valence-corrected chi connectivity index (χ4v) is 2.14. The molecule has 0 saturated heterocycles. The maximum Gasteiger partial charge on any atom is 0.126 e. The van der Waals surface area contributed by atoms with Gasteiger partial charge in [-0.1, -0.05) is 43.7 Å². The van der Waals surface area contributed by atoms with E-state index in [2.05, 4.69) is 12.2 Å². The van der Waals surface area contributed by atoms with Gasteiger partial charge in [0.2, 0.25) is 0 Å². The number of aromatic hydroxyl groups is 1. The Kier molecular flexibility index (Phi) is 3.88. The Morgan fingerprint density at radius 1 is 1.11 bits per heavy atom. The van der Waals surface area contributed by atoms with E-state index in [1.165, 1.54) is 0 Å². The number of aryl methyl sites for hydroxylation is 1. The molecule has 2 rings (SSSR count). The molecular weight excluding hydrogens is 222 g/mol. The van der Waals surface area contributed by atoms with Crippen molar-refractivity contribution in [3.05, 3.63) is 48.0 Å². The van der Waals surface area contributed by atoms with Crippen LogP contribution in [0.15, 0.2) is 42.5 Å². The molecule has 0 heterocycles. The van der Waals surface area contributed by atoms with Gasteiger partial charge in [-0.25, -0.2) is 0 Å². The van der Waals surface area contributed by atoms with E-state index in [0.29, 0.717) is 5.75 Å². The lowest BCUT2D eigenvalue weighted by atomic mass is 9.98. The number of phenols is 1. The number of anilines is 1. The van der Waals surface area contributed by atoms with Crippen LogP contribution in [0, 0.1) is 0 Å². The highest BCUT2D eigenvalue weighted by Gasteiger charge is 2.10. The molecule has 2 nitrogen and oxygen atoms in total. The first kappa shape index (κ1) is 12.5. The van der Waals surface area contributed by atoms with Crippen LogP contribution in [0.1, 0.15) is 18.9 Å². The maximum atomic E-state index is 10.4. The predicted molar refractivity (Wildman–Crippen MR) is 77.1 cm³/mol. The van der Waals surface area contributed by atoms with Gasteiger partial charge in [0.25, 0.3) is 0 Å². The molecule has 0 bridgehead atoms. The summed E-state index contributed by atoms with van der Waals surface area (Å²) in [5, 5.41) is 13.5. The molecule has 0 aliphatic carbocycles. The van der Waals surface area contributed by atoms with Crippen molar-refractivity contribution in [2.45, 2.75) is 19.8 Å². The van der Waals surface area contributed by atoms with Gasteiger partial charge < -0.3 is 10.4 Å². The molecule has 0 atom stereocenters. The third kappa shape index (κ3) is 2.48. The molecule has 0 amide bonds. The zero-order valence-electron chi connectivity index (χ0n) is 10.9. The smallest absolute Gasteiger partial charge is 0.126 e. The lowest BCUT2D eigenvalue weighted by Crippen LogP contribution is -1.94. The quantitative estimate of drug-likeness (QED) is 0.791. The lowest BCUT2D eigenvalue weighted by molar-refractivity contribution is 0.470. The topological polar surface area (TPSA) is 32.3 Å².